The number of aromatic nitrogens is 1. The molecule has 1 aromatic heterocycles. The molecule has 1 amide bonds. The molecule has 216 valence electrons. The van der Waals surface area contributed by atoms with Crippen molar-refractivity contribution in [2.45, 2.75) is 39.3 Å². The molecule has 0 bridgehead atoms. The van der Waals surface area contributed by atoms with Gasteiger partial charge >= 0.3 is 0 Å². The Morgan fingerprint density at radius 3 is 2.71 bits per heavy atom. The van der Waals surface area contributed by atoms with Gasteiger partial charge in [0.15, 0.2) is 5.79 Å². The molecule has 0 unspecified atom stereocenters. The Kier molecular flexibility index (Phi) is 8.45. The zero-order valence-electron chi connectivity index (χ0n) is 23.2. The second kappa shape index (κ2) is 12.2. The van der Waals surface area contributed by atoms with Crippen LogP contribution in [0.1, 0.15) is 31.9 Å². The van der Waals surface area contributed by atoms with Crippen LogP contribution in [0.5, 0.6) is 11.5 Å². The molecule has 1 fully saturated rings. The van der Waals surface area contributed by atoms with Crippen LogP contribution in [0.25, 0.3) is 10.9 Å². The number of ether oxygens (including phenoxy) is 4. The second-order valence-corrected chi connectivity index (χ2v) is 10.6. The Hall–Kier alpha value is -4.43. The van der Waals surface area contributed by atoms with E-state index in [9.17, 15) is 14.4 Å². The van der Waals surface area contributed by atoms with E-state index >= 15 is 0 Å². The normalized spacial score (nSPS) is 15.7. The molecule has 1 saturated heterocycles. The lowest BCUT2D eigenvalue weighted by atomic mass is 10.1. The van der Waals surface area contributed by atoms with E-state index in [-0.39, 0.29) is 36.6 Å². The number of pyridine rings is 1. The summed E-state index contributed by atoms with van der Waals surface area (Å²) in [7, 11) is 0. The van der Waals surface area contributed by atoms with Gasteiger partial charge in [-0.25, -0.2) is 4.39 Å². The summed E-state index contributed by atoms with van der Waals surface area (Å²) in [5.74, 6) is -0.512. The molecule has 5 rings (SSSR count). The average molecular weight is 591 g/mol. The molecule has 1 atom stereocenters. The van der Waals surface area contributed by atoms with Crippen LogP contribution in [-0.2, 0) is 20.9 Å². The van der Waals surface area contributed by atoms with Crippen LogP contribution in [-0.4, -0.2) is 36.0 Å². The van der Waals surface area contributed by atoms with E-state index in [1.165, 1.54) is 25.3 Å². The van der Waals surface area contributed by atoms with Crippen LogP contribution in [0.3, 0.4) is 0 Å². The smallest absolute Gasteiger partial charge is 0.221 e. The van der Waals surface area contributed by atoms with Crippen LogP contribution in [0.2, 0.25) is 5.02 Å². The predicted molar refractivity (Wildman–Crippen MR) is 157 cm³/mol. The van der Waals surface area contributed by atoms with Crippen LogP contribution < -0.4 is 20.1 Å². The minimum atomic E-state index is -0.692. The number of nitriles is 1. The molecule has 0 aliphatic carbocycles. The van der Waals surface area contributed by atoms with Gasteiger partial charge < -0.3 is 29.6 Å². The fraction of sp³-hybridized carbons (Fsp3) is 0.258. The molecule has 9 nitrogen and oxygen atoms in total. The molecule has 1 aliphatic heterocycles. The molecule has 0 saturated carbocycles. The zero-order valence-corrected chi connectivity index (χ0v) is 23.9. The fourth-order valence-corrected chi connectivity index (χ4v) is 4.74. The quantitative estimate of drug-likeness (QED) is 0.221. The van der Waals surface area contributed by atoms with Crippen molar-refractivity contribution < 1.29 is 28.1 Å². The zero-order chi connectivity index (χ0) is 29.9. The van der Waals surface area contributed by atoms with Gasteiger partial charge in [0.05, 0.1) is 34.1 Å². The number of nitrogens with one attached hydrogen (secondary N) is 2. The Balaban J connectivity index is 1.41. The third-order valence-corrected chi connectivity index (χ3v) is 6.67. The van der Waals surface area contributed by atoms with Gasteiger partial charge in [0.1, 0.15) is 42.7 Å². The number of hydrogen-bond donors (Lipinski definition) is 2. The van der Waals surface area contributed by atoms with Gasteiger partial charge in [0.25, 0.3) is 0 Å². The highest BCUT2D eigenvalue weighted by molar-refractivity contribution is 6.32. The standard InChI is InChI=1S/C31H28ClFN4O5/c1-18(38)36-27-11-24-26(12-29(27)40-16-23-17-41-31(2,3)42-23)35-14-20(13-34)30(24)37-22-7-8-28(25(32)10-22)39-15-19-5-4-6-21(33)9-19/h4-12,14,23H,15-17H2,1-3H3,(H,35,37)(H,36,38)/t23-/m1/s1. The summed E-state index contributed by atoms with van der Waals surface area (Å²) >= 11 is 6.49. The van der Waals surface area contributed by atoms with Crippen LogP contribution in [0.4, 0.5) is 21.5 Å². The minimum Gasteiger partial charge on any atom is -0.489 e. The van der Waals surface area contributed by atoms with Crippen molar-refractivity contribution in [1.82, 2.24) is 4.98 Å². The molecular weight excluding hydrogens is 563 g/mol. The highest BCUT2D eigenvalue weighted by Gasteiger charge is 2.33. The number of rotatable bonds is 9. The van der Waals surface area contributed by atoms with Crippen LogP contribution in [0, 0.1) is 17.1 Å². The molecular formula is C31H28ClFN4O5. The first-order chi connectivity index (χ1) is 20.1. The lowest BCUT2D eigenvalue weighted by Crippen LogP contribution is -2.25. The number of halogens is 2. The van der Waals surface area contributed by atoms with E-state index in [1.54, 1.807) is 42.5 Å². The molecule has 2 heterocycles. The summed E-state index contributed by atoms with van der Waals surface area (Å²) in [6.07, 6.45) is 1.18. The number of nitrogens with zero attached hydrogens (tertiary/aromatic N) is 2. The summed E-state index contributed by atoms with van der Waals surface area (Å²) in [4.78, 5) is 16.5. The Morgan fingerprint density at radius 1 is 1.19 bits per heavy atom. The van der Waals surface area contributed by atoms with E-state index in [2.05, 4.69) is 21.7 Å². The summed E-state index contributed by atoms with van der Waals surface area (Å²) in [5, 5.41) is 16.8. The molecule has 4 aromatic rings. The maximum absolute atomic E-state index is 13.5. The molecule has 0 radical (unpaired) electrons. The van der Waals surface area contributed by atoms with Gasteiger partial charge in [0, 0.05) is 30.3 Å². The van der Waals surface area contributed by atoms with Crippen molar-refractivity contribution in [3.8, 4) is 17.6 Å². The predicted octanol–water partition coefficient (Wildman–Crippen LogP) is 6.71. The summed E-state index contributed by atoms with van der Waals surface area (Å²) in [5.41, 5.74) is 2.95. The SMILES string of the molecule is CC(=O)Nc1cc2c(Nc3ccc(OCc4cccc(F)c4)c(Cl)c3)c(C#N)cnc2cc1OC[C@@H]1COC(C)(C)O1. The third kappa shape index (κ3) is 6.89. The number of benzene rings is 3. The van der Waals surface area contributed by atoms with Gasteiger partial charge in [-0.05, 0) is 55.8 Å². The Morgan fingerprint density at radius 2 is 2.02 bits per heavy atom. The van der Waals surface area contributed by atoms with Gasteiger partial charge in [-0.3, -0.25) is 9.78 Å². The van der Waals surface area contributed by atoms with E-state index < -0.39 is 5.79 Å². The molecule has 1 aliphatic rings. The lowest BCUT2D eigenvalue weighted by molar-refractivity contribution is -0.141. The van der Waals surface area contributed by atoms with Crippen LogP contribution in [0.15, 0.2) is 60.8 Å². The third-order valence-electron chi connectivity index (χ3n) is 6.38. The first-order valence-electron chi connectivity index (χ1n) is 13.1. The van der Waals surface area contributed by atoms with Gasteiger partial charge in [0.2, 0.25) is 5.91 Å². The monoisotopic (exact) mass is 590 g/mol. The maximum Gasteiger partial charge on any atom is 0.221 e. The molecule has 3 aromatic carbocycles. The number of fused-ring (bicyclic) bond motifs is 1. The van der Waals surface area contributed by atoms with Crippen molar-refractivity contribution in [2.24, 2.45) is 0 Å². The fourth-order valence-electron chi connectivity index (χ4n) is 4.50. The van der Waals surface area contributed by atoms with Crippen molar-refractivity contribution >= 4 is 45.5 Å². The largest absolute Gasteiger partial charge is 0.489 e. The number of carbonyl (C=O) groups is 1. The highest BCUT2D eigenvalue weighted by Crippen LogP contribution is 2.38. The van der Waals surface area contributed by atoms with Crippen molar-refractivity contribution in [1.29, 1.82) is 5.26 Å². The van der Waals surface area contributed by atoms with E-state index in [1.807, 2.05) is 13.8 Å². The first-order valence-corrected chi connectivity index (χ1v) is 13.5. The summed E-state index contributed by atoms with van der Waals surface area (Å²) in [6, 6.07) is 16.8. The average Bonchev–Trinajstić information content (AvgIpc) is 3.30. The molecule has 2 N–H and O–H groups in total. The van der Waals surface area contributed by atoms with E-state index in [0.717, 1.165) is 0 Å². The van der Waals surface area contributed by atoms with E-state index in [4.69, 9.17) is 30.5 Å². The van der Waals surface area contributed by atoms with Crippen molar-refractivity contribution in [3.63, 3.8) is 0 Å². The van der Waals surface area contributed by atoms with Crippen molar-refractivity contribution in [3.05, 3.63) is 82.8 Å². The van der Waals surface area contributed by atoms with Crippen molar-refractivity contribution in [2.75, 3.05) is 23.8 Å². The van der Waals surface area contributed by atoms with E-state index in [0.29, 0.717) is 56.7 Å². The molecule has 11 heteroatoms. The number of anilines is 3. The highest BCUT2D eigenvalue weighted by atomic mass is 35.5. The number of hydrogen-bond acceptors (Lipinski definition) is 8. The van der Waals surface area contributed by atoms with Gasteiger partial charge in [-0.15, -0.1) is 0 Å². The number of amides is 1. The Labute approximate surface area is 247 Å². The van der Waals surface area contributed by atoms with Crippen LogP contribution >= 0.6 is 11.6 Å². The minimum absolute atomic E-state index is 0.145. The topological polar surface area (TPSA) is 115 Å². The first kappa shape index (κ1) is 29.1. The molecule has 0 spiro atoms. The number of carbonyl (C=O) groups excluding carboxylic acids is 1. The lowest BCUT2D eigenvalue weighted by Gasteiger charge is -2.19. The Bertz CT molecular complexity index is 1690. The maximum atomic E-state index is 13.5. The summed E-state index contributed by atoms with van der Waals surface area (Å²) < 4.78 is 36.7. The van der Waals surface area contributed by atoms with Gasteiger partial charge in [-0.2, -0.15) is 5.26 Å². The summed E-state index contributed by atoms with van der Waals surface area (Å²) in [6.45, 7) is 5.79. The second-order valence-electron chi connectivity index (χ2n) is 10.2. The molecule has 42 heavy (non-hydrogen) atoms. The van der Waals surface area contributed by atoms with Gasteiger partial charge in [-0.1, -0.05) is 23.7 Å².